The van der Waals surface area contributed by atoms with Crippen LogP contribution in [0.25, 0.3) is 0 Å². The van der Waals surface area contributed by atoms with Gasteiger partial charge in [-0.1, -0.05) is 0 Å². The van der Waals surface area contributed by atoms with Gasteiger partial charge in [0.05, 0.1) is 0 Å². The second-order valence-electron chi connectivity index (χ2n) is 2.76. The molecule has 0 heterocycles. The van der Waals surface area contributed by atoms with E-state index in [0.29, 0.717) is 12.9 Å². The summed E-state index contributed by atoms with van der Waals surface area (Å²) in [6, 6.07) is 9.30. The molecule has 0 aliphatic heterocycles. The summed E-state index contributed by atoms with van der Waals surface area (Å²) >= 11 is 1.54. The molecule has 0 radical (unpaired) electrons. The van der Waals surface area contributed by atoms with E-state index >= 15 is 0 Å². The molecule has 0 N–H and O–H groups in total. The number of nitrogens with zero attached hydrogens (tertiary/aromatic N) is 1. The van der Waals surface area contributed by atoms with E-state index in [1.807, 2.05) is 30.3 Å². The van der Waals surface area contributed by atoms with E-state index in [1.54, 1.807) is 11.8 Å². The molecule has 0 aliphatic carbocycles. The van der Waals surface area contributed by atoms with Gasteiger partial charge in [0.15, 0.2) is 0 Å². The Morgan fingerprint density at radius 1 is 1.40 bits per heavy atom. The van der Waals surface area contributed by atoms with Crippen molar-refractivity contribution in [1.82, 2.24) is 0 Å². The van der Waals surface area contributed by atoms with Gasteiger partial charge in [-0.3, -0.25) is 0 Å². The third kappa shape index (κ3) is 4.69. The van der Waals surface area contributed by atoms with Gasteiger partial charge >= 0.3 is 92.8 Å². The molecule has 0 aliphatic rings. The molecule has 15 heavy (non-hydrogen) atoms. The fourth-order valence-electron chi connectivity index (χ4n) is 0.961. The molecule has 76 valence electrons. The van der Waals surface area contributed by atoms with Gasteiger partial charge in [-0.05, 0) is 0 Å². The Labute approximate surface area is 93.2 Å². The zero-order valence-corrected chi connectivity index (χ0v) is 8.89. The van der Waals surface area contributed by atoms with Gasteiger partial charge < -0.3 is 0 Å². The van der Waals surface area contributed by atoms with Crippen LogP contribution in [-0.4, -0.2) is 31.3 Å². The number of thioether (sulfide) groups is 1. The van der Waals surface area contributed by atoms with Gasteiger partial charge in [0.2, 0.25) is 0 Å². The van der Waals surface area contributed by atoms with Crippen molar-refractivity contribution in [2.75, 3.05) is 5.75 Å². The number of hydrogen-bond acceptors (Lipinski definition) is 4. The van der Waals surface area contributed by atoms with Crippen molar-refractivity contribution in [3.63, 3.8) is 0 Å². The van der Waals surface area contributed by atoms with Crippen molar-refractivity contribution >= 4 is 31.3 Å². The van der Waals surface area contributed by atoms with Crippen LogP contribution in [0.2, 0.25) is 0 Å². The first kappa shape index (κ1) is 11.8. The first-order valence-corrected chi connectivity index (χ1v) is 5.45. The van der Waals surface area contributed by atoms with Gasteiger partial charge in [0, 0.05) is 0 Å². The summed E-state index contributed by atoms with van der Waals surface area (Å²) in [6.45, 7) is 0. The number of aliphatic imine (C=N–C) groups is 1. The van der Waals surface area contributed by atoms with Gasteiger partial charge in [-0.2, -0.15) is 0 Å². The molecule has 3 nitrogen and oxygen atoms in total. The second kappa shape index (κ2) is 7.12. The van der Waals surface area contributed by atoms with Gasteiger partial charge in [0.1, 0.15) is 0 Å². The van der Waals surface area contributed by atoms with Crippen LogP contribution in [0, 0.1) is 0 Å². The molecule has 1 unspecified atom stereocenters. The minimum absolute atomic E-state index is 0.444. The maximum absolute atomic E-state index is 10.6. The molecule has 0 saturated heterocycles. The molecule has 1 aromatic carbocycles. The van der Waals surface area contributed by atoms with Crippen LogP contribution in [0.1, 0.15) is 0 Å². The Morgan fingerprint density at radius 2 is 2.13 bits per heavy atom. The molecule has 0 fully saturated rings. The standard InChI is InChI=1S/C10H10BNO2S/c13-6-9(12-8-11-14)7-15-10-4-2-1-3-5-10/h1-6,8-9H,7H2/b12-8+. The molecule has 1 aromatic rings. The van der Waals surface area contributed by atoms with Crippen LogP contribution >= 0.6 is 11.8 Å². The fourth-order valence-corrected chi connectivity index (χ4v) is 1.84. The number of carbonyl (C=O) groups excluding carboxylic acids is 1. The molecular formula is C10H10BNO2S. The number of benzene rings is 1. The van der Waals surface area contributed by atoms with Gasteiger partial charge in [0.25, 0.3) is 0 Å². The molecule has 1 rings (SSSR count). The van der Waals surface area contributed by atoms with Crippen LogP contribution in [-0.2, 0) is 9.50 Å². The Balaban J connectivity index is 2.44. The number of hydrogen-bond donors (Lipinski definition) is 0. The average molecular weight is 219 g/mol. The number of rotatable bonds is 6. The Hall–Kier alpha value is -1.23. The quantitative estimate of drug-likeness (QED) is 0.314. The zero-order valence-electron chi connectivity index (χ0n) is 8.08. The van der Waals surface area contributed by atoms with E-state index < -0.39 is 6.04 Å². The monoisotopic (exact) mass is 219 g/mol. The SMILES string of the molecule is O=B/C=N/C(C=O)CSc1ccccc1. The van der Waals surface area contributed by atoms with Crippen molar-refractivity contribution in [3.05, 3.63) is 30.3 Å². The first-order chi connectivity index (χ1) is 7.36. The predicted octanol–water partition coefficient (Wildman–Crippen LogP) is 1.42. The molecule has 0 saturated carbocycles. The van der Waals surface area contributed by atoms with E-state index in [2.05, 4.69) is 4.99 Å². The molecule has 5 heteroatoms. The van der Waals surface area contributed by atoms with Crippen LogP contribution in [0.5, 0.6) is 0 Å². The van der Waals surface area contributed by atoms with E-state index in [0.717, 1.165) is 17.3 Å². The molecule has 0 amide bonds. The summed E-state index contributed by atoms with van der Waals surface area (Å²) < 4.78 is 10.0. The van der Waals surface area contributed by atoms with Crippen molar-refractivity contribution in [2.24, 2.45) is 4.99 Å². The average Bonchev–Trinajstić information content (AvgIpc) is 2.31. The Kier molecular flexibility index (Phi) is 5.62. The number of aldehydes is 1. The summed E-state index contributed by atoms with van der Waals surface area (Å²) in [5.41, 5.74) is 0. The van der Waals surface area contributed by atoms with Crippen molar-refractivity contribution < 1.29 is 9.50 Å². The Bertz CT molecular complexity index is 343. The van der Waals surface area contributed by atoms with Crippen molar-refractivity contribution in [3.8, 4) is 0 Å². The van der Waals surface area contributed by atoms with E-state index in [9.17, 15) is 9.50 Å². The van der Waals surface area contributed by atoms with Crippen molar-refractivity contribution in [2.45, 2.75) is 10.9 Å². The summed E-state index contributed by atoms with van der Waals surface area (Å²) in [6.07, 6.45) is 1.86. The third-order valence-corrected chi connectivity index (χ3v) is 2.77. The topological polar surface area (TPSA) is 46.5 Å². The predicted molar refractivity (Wildman–Crippen MR) is 62.0 cm³/mol. The maximum atomic E-state index is 10.6. The molecule has 0 bridgehead atoms. The summed E-state index contributed by atoms with van der Waals surface area (Å²) in [7, 11) is 0.573. The summed E-state index contributed by atoms with van der Waals surface area (Å²) in [5, 5.41) is 0. The molecule has 1 atom stereocenters. The fraction of sp³-hybridized carbons (Fsp3) is 0.200. The van der Waals surface area contributed by atoms with Crippen molar-refractivity contribution in [1.29, 1.82) is 0 Å². The normalized spacial score (nSPS) is 12.3. The summed E-state index contributed by atoms with van der Waals surface area (Å²) in [4.78, 5) is 15.5. The minimum atomic E-state index is -0.444. The summed E-state index contributed by atoms with van der Waals surface area (Å²) in [5.74, 6) is 0.553. The molecule has 0 spiro atoms. The van der Waals surface area contributed by atoms with Crippen LogP contribution in [0.3, 0.4) is 0 Å². The number of carbonyl (C=O) groups is 1. The van der Waals surface area contributed by atoms with Crippen LogP contribution in [0.15, 0.2) is 40.2 Å². The molecule has 0 aromatic heterocycles. The van der Waals surface area contributed by atoms with Gasteiger partial charge in [-0.15, -0.1) is 0 Å². The first-order valence-electron chi connectivity index (χ1n) is 4.47. The zero-order chi connectivity index (χ0) is 10.9. The van der Waals surface area contributed by atoms with Crippen LogP contribution in [0.4, 0.5) is 0 Å². The van der Waals surface area contributed by atoms with Gasteiger partial charge in [-0.25, -0.2) is 0 Å². The third-order valence-electron chi connectivity index (χ3n) is 1.66. The van der Waals surface area contributed by atoms with E-state index in [1.165, 1.54) is 0 Å². The Morgan fingerprint density at radius 3 is 2.73 bits per heavy atom. The van der Waals surface area contributed by atoms with E-state index in [-0.39, 0.29) is 0 Å². The second-order valence-corrected chi connectivity index (χ2v) is 3.86. The molecular weight excluding hydrogens is 209 g/mol. The van der Waals surface area contributed by atoms with E-state index in [4.69, 9.17) is 0 Å². The van der Waals surface area contributed by atoms with Crippen LogP contribution < -0.4 is 0 Å².